The molecule has 3 heteroatoms. The summed E-state index contributed by atoms with van der Waals surface area (Å²) >= 11 is 0. The normalized spacial score (nSPS) is 19.5. The number of aryl methyl sites for hydroxylation is 1. The minimum Gasteiger partial charge on any atom is -0.466 e. The van der Waals surface area contributed by atoms with Crippen molar-refractivity contribution in [2.45, 2.75) is 25.2 Å². The first-order valence-electron chi connectivity index (χ1n) is 4.15. The van der Waals surface area contributed by atoms with E-state index >= 15 is 0 Å². The lowest BCUT2D eigenvalue weighted by Gasteiger charge is -2.09. The summed E-state index contributed by atoms with van der Waals surface area (Å²) in [4.78, 5) is 4.67. The van der Waals surface area contributed by atoms with Crippen LogP contribution in [0.25, 0.3) is 0 Å². The number of nitrogens with two attached hydrogens (primary N) is 1. The topological polar surface area (TPSA) is 48.4 Å². The van der Waals surface area contributed by atoms with Crippen molar-refractivity contribution in [1.29, 1.82) is 0 Å². The first-order chi connectivity index (χ1) is 5.77. The van der Waals surface area contributed by atoms with Crippen LogP contribution in [0.3, 0.4) is 0 Å². The predicted molar refractivity (Wildman–Crippen MR) is 44.5 cm³/mol. The van der Waals surface area contributed by atoms with Crippen LogP contribution in [0.4, 0.5) is 0 Å². The van der Waals surface area contributed by atoms with Crippen molar-refractivity contribution >= 4 is 0 Å². The van der Waals surface area contributed by atoms with Gasteiger partial charge < -0.3 is 9.25 Å². The maximum atomic E-state index is 5.53. The molecule has 0 unspecified atom stereocenters. The van der Waals surface area contributed by atoms with E-state index in [9.17, 15) is 0 Å². The summed E-state index contributed by atoms with van der Waals surface area (Å²) in [6, 6.07) is 3.99. The molecule has 66 valence electrons. The van der Waals surface area contributed by atoms with Crippen LogP contribution in [0.5, 0.6) is 0 Å². The van der Waals surface area contributed by atoms with E-state index < -0.39 is 0 Å². The molecular formula is C9H13NO2. The highest BCUT2D eigenvalue weighted by Crippen LogP contribution is 2.48. The summed E-state index contributed by atoms with van der Waals surface area (Å²) in [5.74, 6) is 7.03. The standard InChI is InChI=1S/C9H13NO2/c1-7-2-3-8(12-7)9(4-5-9)6-11-10/h2-3H,4-6,10H2,1H3. The lowest BCUT2D eigenvalue weighted by Crippen LogP contribution is -2.17. The van der Waals surface area contributed by atoms with Crippen molar-refractivity contribution in [3.63, 3.8) is 0 Å². The molecule has 0 aromatic carbocycles. The molecule has 0 saturated heterocycles. The van der Waals surface area contributed by atoms with Crippen LogP contribution in [0.2, 0.25) is 0 Å². The quantitative estimate of drug-likeness (QED) is 0.694. The molecule has 2 N–H and O–H groups in total. The first-order valence-corrected chi connectivity index (χ1v) is 4.15. The summed E-state index contributed by atoms with van der Waals surface area (Å²) in [5, 5.41) is 0. The molecule has 1 saturated carbocycles. The molecule has 0 spiro atoms. The van der Waals surface area contributed by atoms with E-state index in [0.29, 0.717) is 6.61 Å². The zero-order valence-corrected chi connectivity index (χ0v) is 7.17. The van der Waals surface area contributed by atoms with Gasteiger partial charge in [0.2, 0.25) is 0 Å². The molecule has 1 aromatic rings. The average molecular weight is 167 g/mol. The maximum Gasteiger partial charge on any atom is 0.112 e. The molecule has 1 aliphatic rings. The summed E-state index contributed by atoms with van der Waals surface area (Å²) in [6.45, 7) is 2.52. The zero-order chi connectivity index (χ0) is 8.60. The van der Waals surface area contributed by atoms with Gasteiger partial charge in [-0.2, -0.15) is 0 Å². The Kier molecular flexibility index (Phi) is 1.70. The Labute approximate surface area is 71.5 Å². The van der Waals surface area contributed by atoms with Gasteiger partial charge in [-0.3, -0.25) is 0 Å². The molecule has 2 rings (SSSR count). The molecule has 0 atom stereocenters. The SMILES string of the molecule is Cc1ccc(C2(CON)CC2)o1. The lowest BCUT2D eigenvalue weighted by molar-refractivity contribution is 0.109. The van der Waals surface area contributed by atoms with Crippen LogP contribution in [-0.2, 0) is 10.3 Å². The molecule has 12 heavy (non-hydrogen) atoms. The van der Waals surface area contributed by atoms with E-state index in [4.69, 9.17) is 10.3 Å². The van der Waals surface area contributed by atoms with Gasteiger partial charge in [-0.25, -0.2) is 5.90 Å². The second kappa shape index (κ2) is 2.61. The molecule has 1 aliphatic carbocycles. The molecular weight excluding hydrogens is 154 g/mol. The third-order valence-corrected chi connectivity index (χ3v) is 2.48. The molecule has 1 fully saturated rings. The van der Waals surface area contributed by atoms with Crippen LogP contribution in [-0.4, -0.2) is 6.61 Å². The Morgan fingerprint density at radius 2 is 2.33 bits per heavy atom. The monoisotopic (exact) mass is 167 g/mol. The average Bonchev–Trinajstić information content (AvgIpc) is 2.69. The van der Waals surface area contributed by atoms with E-state index in [1.165, 1.54) is 0 Å². The number of hydrogen-bond acceptors (Lipinski definition) is 3. The number of hydrogen-bond donors (Lipinski definition) is 1. The fourth-order valence-electron chi connectivity index (χ4n) is 1.49. The highest BCUT2D eigenvalue weighted by Gasteiger charge is 2.47. The van der Waals surface area contributed by atoms with Crippen molar-refractivity contribution in [1.82, 2.24) is 0 Å². The van der Waals surface area contributed by atoms with Crippen LogP contribution >= 0.6 is 0 Å². The van der Waals surface area contributed by atoms with Crippen molar-refractivity contribution in [2.24, 2.45) is 5.90 Å². The highest BCUT2D eigenvalue weighted by molar-refractivity contribution is 5.23. The van der Waals surface area contributed by atoms with Crippen molar-refractivity contribution in [3.8, 4) is 0 Å². The molecule has 1 heterocycles. The minimum atomic E-state index is 0.100. The third kappa shape index (κ3) is 1.15. The van der Waals surface area contributed by atoms with Gasteiger partial charge in [0, 0.05) is 0 Å². The minimum absolute atomic E-state index is 0.100. The van der Waals surface area contributed by atoms with Crippen LogP contribution in [0.1, 0.15) is 24.4 Å². The first kappa shape index (κ1) is 7.83. The fraction of sp³-hybridized carbons (Fsp3) is 0.556. The van der Waals surface area contributed by atoms with Gasteiger partial charge in [0.1, 0.15) is 11.5 Å². The molecule has 0 bridgehead atoms. The van der Waals surface area contributed by atoms with Gasteiger partial charge in [0.15, 0.2) is 0 Å². The van der Waals surface area contributed by atoms with Gasteiger partial charge in [0.25, 0.3) is 0 Å². The molecule has 3 nitrogen and oxygen atoms in total. The zero-order valence-electron chi connectivity index (χ0n) is 7.17. The van der Waals surface area contributed by atoms with E-state index in [2.05, 4.69) is 4.84 Å². The van der Waals surface area contributed by atoms with E-state index in [1.807, 2.05) is 19.1 Å². The molecule has 0 amide bonds. The summed E-state index contributed by atoms with van der Waals surface area (Å²) in [7, 11) is 0. The second-order valence-corrected chi connectivity index (χ2v) is 3.50. The second-order valence-electron chi connectivity index (χ2n) is 3.50. The Morgan fingerprint density at radius 3 is 2.75 bits per heavy atom. The Morgan fingerprint density at radius 1 is 1.58 bits per heavy atom. The number of rotatable bonds is 3. The van der Waals surface area contributed by atoms with E-state index in [1.54, 1.807) is 0 Å². The van der Waals surface area contributed by atoms with Gasteiger partial charge in [-0.05, 0) is 31.9 Å². The van der Waals surface area contributed by atoms with Gasteiger partial charge >= 0.3 is 0 Å². The summed E-state index contributed by atoms with van der Waals surface area (Å²) in [5.41, 5.74) is 0.100. The Balaban J connectivity index is 2.18. The fourth-order valence-corrected chi connectivity index (χ4v) is 1.49. The van der Waals surface area contributed by atoms with Gasteiger partial charge in [-0.1, -0.05) is 0 Å². The van der Waals surface area contributed by atoms with E-state index in [0.717, 1.165) is 24.4 Å². The Bertz CT molecular complexity index is 276. The maximum absolute atomic E-state index is 5.53. The van der Waals surface area contributed by atoms with Gasteiger partial charge in [-0.15, -0.1) is 0 Å². The predicted octanol–water partition coefficient (Wildman–Crippen LogP) is 1.51. The van der Waals surface area contributed by atoms with Crippen molar-refractivity contribution in [2.75, 3.05) is 6.61 Å². The van der Waals surface area contributed by atoms with Crippen LogP contribution in [0, 0.1) is 6.92 Å². The third-order valence-electron chi connectivity index (χ3n) is 2.48. The molecule has 0 radical (unpaired) electrons. The highest BCUT2D eigenvalue weighted by atomic mass is 16.6. The van der Waals surface area contributed by atoms with Gasteiger partial charge in [0.05, 0.1) is 12.0 Å². The smallest absolute Gasteiger partial charge is 0.112 e. The lowest BCUT2D eigenvalue weighted by atomic mass is 10.1. The molecule has 0 aliphatic heterocycles. The van der Waals surface area contributed by atoms with Crippen LogP contribution in [0.15, 0.2) is 16.5 Å². The van der Waals surface area contributed by atoms with Crippen LogP contribution < -0.4 is 5.90 Å². The largest absolute Gasteiger partial charge is 0.466 e. The Hall–Kier alpha value is -0.800. The van der Waals surface area contributed by atoms with Crippen molar-refractivity contribution < 1.29 is 9.25 Å². The molecule has 1 aromatic heterocycles. The summed E-state index contributed by atoms with van der Waals surface area (Å²) in [6.07, 6.45) is 2.24. The van der Waals surface area contributed by atoms with Crippen molar-refractivity contribution in [3.05, 3.63) is 23.7 Å². The summed E-state index contributed by atoms with van der Waals surface area (Å²) < 4.78 is 5.53. The van der Waals surface area contributed by atoms with E-state index in [-0.39, 0.29) is 5.41 Å². The number of furan rings is 1.